The van der Waals surface area contributed by atoms with Crippen LogP contribution in [0.2, 0.25) is 0 Å². The van der Waals surface area contributed by atoms with Gasteiger partial charge < -0.3 is 19.1 Å². The van der Waals surface area contributed by atoms with Gasteiger partial charge in [0.15, 0.2) is 6.61 Å². The summed E-state index contributed by atoms with van der Waals surface area (Å²) < 4.78 is 17.1. The van der Waals surface area contributed by atoms with E-state index in [1.165, 1.54) is 0 Å². The Hall–Kier alpha value is -4.53. The van der Waals surface area contributed by atoms with Crippen molar-refractivity contribution in [3.05, 3.63) is 103 Å². The minimum atomic E-state index is -1.02. The molecule has 1 aromatic heterocycles. The molecule has 0 amide bonds. The average molecular weight is 491 g/mol. The number of rotatable bonds is 9. The third-order valence-electron chi connectivity index (χ3n) is 5.86. The Morgan fingerprint density at radius 2 is 1.67 bits per heavy atom. The number of carboxylic acid groups (broad SMARTS) is 1. The number of hydrogen-bond donors (Lipinski definition) is 2. The lowest BCUT2D eigenvalue weighted by molar-refractivity contribution is -0.139. The number of nitrogens with one attached hydrogen (secondary N) is 1. The van der Waals surface area contributed by atoms with Crippen LogP contribution in [0.1, 0.15) is 27.8 Å². The highest BCUT2D eigenvalue weighted by Crippen LogP contribution is 2.34. The van der Waals surface area contributed by atoms with Gasteiger partial charge in [0.25, 0.3) is 0 Å². The van der Waals surface area contributed by atoms with Gasteiger partial charge in [0, 0.05) is 0 Å². The maximum atomic E-state index is 11.6. The summed E-state index contributed by atoms with van der Waals surface area (Å²) in [5.74, 6) is -0.610. The molecule has 0 unspecified atom stereocenters. The van der Waals surface area contributed by atoms with Crippen molar-refractivity contribution in [1.29, 1.82) is 0 Å². The fourth-order valence-corrected chi connectivity index (χ4v) is 4.12. The fraction of sp³-hybridized carbons (Fsp3) is 0.222. The monoisotopic (exact) mass is 490 g/mol. The predicted octanol–water partition coefficient (Wildman–Crippen LogP) is 3.81. The maximum absolute atomic E-state index is 11.6. The molecule has 0 saturated heterocycles. The zero-order valence-corrected chi connectivity index (χ0v) is 20.2. The van der Waals surface area contributed by atoms with Crippen LogP contribution in [0.3, 0.4) is 0 Å². The van der Waals surface area contributed by atoms with Crippen LogP contribution in [0.15, 0.2) is 68.7 Å². The molecule has 2 N–H and O–H groups in total. The first-order valence-corrected chi connectivity index (χ1v) is 11.3. The highest BCUT2D eigenvalue weighted by Gasteiger charge is 2.14. The number of benzene rings is 3. The van der Waals surface area contributed by atoms with Crippen molar-refractivity contribution in [2.24, 2.45) is 0 Å². The summed E-state index contributed by atoms with van der Waals surface area (Å²) in [5.41, 5.74) is 6.44. The second-order valence-corrected chi connectivity index (χ2v) is 8.48. The van der Waals surface area contributed by atoms with E-state index in [0.29, 0.717) is 18.1 Å². The number of nitrogens with zero attached hydrogens (tertiary/aromatic N) is 1. The standard InChI is InChI=1S/C27H26N2O7/c1-16-11-22(35-15-24(30)31)12-17(2)25(16)23-6-4-5-20(18(23)3)14-34-21-9-7-19(8-10-21)13-29-26(32)28-27(33)36-29/h4-12H,13-15H2,1-3H3,(H,30,31)(H,28,32,33). The molecule has 0 aliphatic rings. The van der Waals surface area contributed by atoms with E-state index in [0.717, 1.165) is 43.7 Å². The summed E-state index contributed by atoms with van der Waals surface area (Å²) in [5, 5.41) is 8.87. The molecule has 3 aromatic carbocycles. The summed E-state index contributed by atoms with van der Waals surface area (Å²) >= 11 is 0. The van der Waals surface area contributed by atoms with Crippen molar-refractivity contribution in [1.82, 2.24) is 9.72 Å². The first-order chi connectivity index (χ1) is 17.2. The quantitative estimate of drug-likeness (QED) is 0.366. The number of aromatic nitrogens is 2. The van der Waals surface area contributed by atoms with Gasteiger partial charge >= 0.3 is 17.4 Å². The summed E-state index contributed by atoms with van der Waals surface area (Å²) in [7, 11) is 0. The first kappa shape index (κ1) is 24.6. The summed E-state index contributed by atoms with van der Waals surface area (Å²) in [4.78, 5) is 35.6. The van der Waals surface area contributed by atoms with Gasteiger partial charge in [-0.1, -0.05) is 30.3 Å². The Kier molecular flexibility index (Phi) is 7.10. The zero-order valence-electron chi connectivity index (χ0n) is 20.2. The number of carboxylic acids is 1. The third kappa shape index (κ3) is 5.57. The molecule has 0 saturated carbocycles. The van der Waals surface area contributed by atoms with Crippen molar-refractivity contribution < 1.29 is 23.9 Å². The molecule has 0 aliphatic heterocycles. The maximum Gasteiger partial charge on any atom is 0.440 e. The second kappa shape index (κ2) is 10.4. The third-order valence-corrected chi connectivity index (χ3v) is 5.86. The molecule has 0 fully saturated rings. The molecule has 36 heavy (non-hydrogen) atoms. The van der Waals surface area contributed by atoms with Crippen molar-refractivity contribution in [2.45, 2.75) is 33.9 Å². The number of aromatic amines is 1. The minimum Gasteiger partial charge on any atom is -0.489 e. The number of carbonyl (C=O) groups is 1. The van der Waals surface area contributed by atoms with Crippen LogP contribution in [0.4, 0.5) is 0 Å². The molecule has 0 bridgehead atoms. The Labute approximate surface area is 206 Å². The lowest BCUT2D eigenvalue weighted by Gasteiger charge is -2.17. The lowest BCUT2D eigenvalue weighted by Crippen LogP contribution is -2.17. The van der Waals surface area contributed by atoms with E-state index in [9.17, 15) is 14.4 Å². The van der Waals surface area contributed by atoms with E-state index in [1.807, 2.05) is 45.0 Å². The van der Waals surface area contributed by atoms with E-state index in [-0.39, 0.29) is 13.2 Å². The molecule has 0 aliphatic carbocycles. The molecule has 9 heteroatoms. The van der Waals surface area contributed by atoms with Crippen LogP contribution >= 0.6 is 0 Å². The van der Waals surface area contributed by atoms with Gasteiger partial charge in [-0.2, -0.15) is 0 Å². The van der Waals surface area contributed by atoms with Crippen molar-refractivity contribution in [3.63, 3.8) is 0 Å². The van der Waals surface area contributed by atoms with Gasteiger partial charge in [-0.15, -0.1) is 4.74 Å². The lowest BCUT2D eigenvalue weighted by atomic mass is 9.90. The van der Waals surface area contributed by atoms with Crippen molar-refractivity contribution in [2.75, 3.05) is 6.61 Å². The number of H-pyrrole nitrogens is 1. The van der Waals surface area contributed by atoms with Gasteiger partial charge in [-0.3, -0.25) is 0 Å². The normalized spacial score (nSPS) is 10.9. The van der Waals surface area contributed by atoms with Crippen LogP contribution in [-0.2, 0) is 17.9 Å². The molecule has 0 spiro atoms. The molecule has 4 rings (SSSR count). The molecule has 9 nitrogen and oxygen atoms in total. The number of ether oxygens (including phenoxy) is 2. The van der Waals surface area contributed by atoms with Crippen LogP contribution < -0.4 is 20.9 Å². The molecule has 186 valence electrons. The second-order valence-electron chi connectivity index (χ2n) is 8.48. The number of aliphatic carboxylic acids is 1. The Balaban J connectivity index is 1.48. The summed E-state index contributed by atoms with van der Waals surface area (Å²) in [6.07, 6.45) is 0. The minimum absolute atomic E-state index is 0.137. The van der Waals surface area contributed by atoms with Crippen LogP contribution in [0.5, 0.6) is 11.5 Å². The van der Waals surface area contributed by atoms with Crippen LogP contribution in [-0.4, -0.2) is 27.4 Å². The van der Waals surface area contributed by atoms with E-state index >= 15 is 0 Å². The Morgan fingerprint density at radius 3 is 2.28 bits per heavy atom. The fourth-order valence-electron chi connectivity index (χ4n) is 4.12. The van der Waals surface area contributed by atoms with E-state index in [2.05, 4.69) is 11.1 Å². The highest BCUT2D eigenvalue weighted by molar-refractivity contribution is 5.75. The van der Waals surface area contributed by atoms with Gasteiger partial charge in [0.05, 0.1) is 6.54 Å². The predicted molar refractivity (Wildman–Crippen MR) is 133 cm³/mol. The molecular weight excluding hydrogens is 464 g/mol. The van der Waals surface area contributed by atoms with Crippen molar-refractivity contribution >= 4 is 5.97 Å². The smallest absolute Gasteiger partial charge is 0.440 e. The molecule has 0 atom stereocenters. The van der Waals surface area contributed by atoms with Gasteiger partial charge in [-0.25, -0.2) is 19.4 Å². The first-order valence-electron chi connectivity index (χ1n) is 11.3. The van der Waals surface area contributed by atoms with E-state index < -0.39 is 17.4 Å². The van der Waals surface area contributed by atoms with Gasteiger partial charge in [0.2, 0.25) is 0 Å². The van der Waals surface area contributed by atoms with E-state index in [4.69, 9.17) is 19.1 Å². The molecule has 0 radical (unpaired) electrons. The molecule has 4 aromatic rings. The Bertz CT molecular complexity index is 1490. The van der Waals surface area contributed by atoms with Gasteiger partial charge in [-0.05, 0) is 84.0 Å². The number of hydrogen-bond acceptors (Lipinski definition) is 6. The zero-order chi connectivity index (χ0) is 25.8. The highest BCUT2D eigenvalue weighted by atomic mass is 16.5. The SMILES string of the molecule is Cc1cc(OCC(=O)O)cc(C)c1-c1cccc(COc2ccc(Cn3oc(=O)[nH]c3=O)cc2)c1C. The average Bonchev–Trinajstić information content (AvgIpc) is 3.14. The van der Waals surface area contributed by atoms with E-state index in [1.54, 1.807) is 24.3 Å². The number of aryl methyl sites for hydroxylation is 2. The molecular formula is C27H26N2O7. The topological polar surface area (TPSA) is 124 Å². The Morgan fingerprint density at radius 1 is 0.972 bits per heavy atom. The largest absolute Gasteiger partial charge is 0.489 e. The molecule has 1 heterocycles. The summed E-state index contributed by atoms with van der Waals surface area (Å²) in [6.45, 7) is 6.12. The van der Waals surface area contributed by atoms with Gasteiger partial charge in [0.1, 0.15) is 18.1 Å². The van der Waals surface area contributed by atoms with Crippen LogP contribution in [0.25, 0.3) is 11.1 Å². The van der Waals surface area contributed by atoms with Crippen LogP contribution in [0, 0.1) is 20.8 Å². The summed E-state index contributed by atoms with van der Waals surface area (Å²) in [6, 6.07) is 17.0. The van der Waals surface area contributed by atoms with Crippen molar-refractivity contribution in [3.8, 4) is 22.6 Å².